The van der Waals surface area contributed by atoms with Crippen molar-refractivity contribution in [3.8, 4) is 22.9 Å². The number of benzene rings is 2. The van der Waals surface area contributed by atoms with E-state index < -0.39 is 0 Å². The summed E-state index contributed by atoms with van der Waals surface area (Å²) in [7, 11) is 3.16. The van der Waals surface area contributed by atoms with Crippen molar-refractivity contribution in [1.82, 2.24) is 25.1 Å². The van der Waals surface area contributed by atoms with E-state index >= 15 is 0 Å². The van der Waals surface area contributed by atoms with E-state index in [1.165, 1.54) is 0 Å². The van der Waals surface area contributed by atoms with Crippen molar-refractivity contribution in [1.29, 1.82) is 0 Å². The van der Waals surface area contributed by atoms with E-state index in [9.17, 15) is 9.90 Å². The SMILES string of the molecule is COc1cccc(OC)c1CNC(=O)c1cccc(NCc2nnc(-c3ccncc3)n2CCO)c1. The molecular formula is C26H28N6O4. The van der Waals surface area contributed by atoms with E-state index in [1.54, 1.807) is 38.7 Å². The largest absolute Gasteiger partial charge is 0.496 e. The van der Waals surface area contributed by atoms with Crippen LogP contribution in [0.5, 0.6) is 11.5 Å². The van der Waals surface area contributed by atoms with Gasteiger partial charge in [0.25, 0.3) is 5.91 Å². The van der Waals surface area contributed by atoms with E-state index in [-0.39, 0.29) is 19.1 Å². The lowest BCUT2D eigenvalue weighted by Gasteiger charge is -2.14. The van der Waals surface area contributed by atoms with Crippen LogP contribution in [0.3, 0.4) is 0 Å². The Bertz CT molecular complexity index is 1290. The monoisotopic (exact) mass is 488 g/mol. The average molecular weight is 489 g/mol. The van der Waals surface area contributed by atoms with Gasteiger partial charge < -0.3 is 29.8 Å². The number of aliphatic hydroxyl groups excluding tert-OH is 1. The molecule has 0 radical (unpaired) electrons. The van der Waals surface area contributed by atoms with Crippen LogP contribution >= 0.6 is 0 Å². The summed E-state index contributed by atoms with van der Waals surface area (Å²) < 4.78 is 12.7. The lowest BCUT2D eigenvalue weighted by molar-refractivity contribution is 0.0950. The van der Waals surface area contributed by atoms with Crippen molar-refractivity contribution in [2.24, 2.45) is 0 Å². The topological polar surface area (TPSA) is 123 Å². The molecule has 0 saturated heterocycles. The summed E-state index contributed by atoms with van der Waals surface area (Å²) in [5.74, 6) is 2.37. The fourth-order valence-electron chi connectivity index (χ4n) is 3.84. The first-order valence-electron chi connectivity index (χ1n) is 11.4. The van der Waals surface area contributed by atoms with E-state index in [4.69, 9.17) is 9.47 Å². The Balaban J connectivity index is 1.44. The van der Waals surface area contributed by atoms with Gasteiger partial charge in [0.05, 0.1) is 39.5 Å². The highest BCUT2D eigenvalue weighted by molar-refractivity contribution is 5.95. The first kappa shape index (κ1) is 24.7. The van der Waals surface area contributed by atoms with Gasteiger partial charge in [-0.2, -0.15) is 0 Å². The smallest absolute Gasteiger partial charge is 0.251 e. The van der Waals surface area contributed by atoms with Gasteiger partial charge in [-0.05, 0) is 42.5 Å². The molecule has 36 heavy (non-hydrogen) atoms. The molecule has 0 unspecified atom stereocenters. The Labute approximate surface area is 208 Å². The average Bonchev–Trinajstić information content (AvgIpc) is 3.33. The maximum absolute atomic E-state index is 12.9. The van der Waals surface area contributed by atoms with Crippen molar-refractivity contribution >= 4 is 11.6 Å². The minimum Gasteiger partial charge on any atom is -0.496 e. The molecule has 0 fully saturated rings. The van der Waals surface area contributed by atoms with Crippen molar-refractivity contribution in [3.05, 3.63) is 83.9 Å². The number of nitrogens with zero attached hydrogens (tertiary/aromatic N) is 4. The lowest BCUT2D eigenvalue weighted by Crippen LogP contribution is -2.23. The van der Waals surface area contributed by atoms with Crippen LogP contribution in [0.1, 0.15) is 21.7 Å². The number of nitrogens with one attached hydrogen (secondary N) is 2. The molecule has 2 heterocycles. The number of ether oxygens (including phenoxy) is 2. The molecule has 2 aromatic carbocycles. The fourth-order valence-corrected chi connectivity index (χ4v) is 3.84. The lowest BCUT2D eigenvalue weighted by atomic mass is 10.1. The Morgan fingerprint density at radius 1 is 0.972 bits per heavy atom. The number of hydrogen-bond acceptors (Lipinski definition) is 8. The van der Waals surface area contributed by atoms with Gasteiger partial charge in [-0.3, -0.25) is 9.78 Å². The highest BCUT2D eigenvalue weighted by Gasteiger charge is 2.15. The van der Waals surface area contributed by atoms with Gasteiger partial charge in [0.15, 0.2) is 11.6 Å². The molecule has 10 nitrogen and oxygen atoms in total. The zero-order valence-corrected chi connectivity index (χ0v) is 20.1. The fraction of sp³-hybridized carbons (Fsp3) is 0.231. The number of carbonyl (C=O) groups excluding carboxylic acids is 1. The molecule has 4 rings (SSSR count). The molecule has 0 saturated carbocycles. The summed E-state index contributed by atoms with van der Waals surface area (Å²) >= 11 is 0. The molecular weight excluding hydrogens is 460 g/mol. The predicted octanol–water partition coefficient (Wildman–Crippen LogP) is 2.89. The van der Waals surface area contributed by atoms with Crippen LogP contribution in [0.2, 0.25) is 0 Å². The van der Waals surface area contributed by atoms with Crippen molar-refractivity contribution in [3.63, 3.8) is 0 Å². The molecule has 2 aromatic heterocycles. The molecule has 10 heteroatoms. The summed E-state index contributed by atoms with van der Waals surface area (Å²) in [4.78, 5) is 16.9. The van der Waals surface area contributed by atoms with Gasteiger partial charge in [0, 0.05) is 35.8 Å². The van der Waals surface area contributed by atoms with E-state index in [0.717, 1.165) is 16.8 Å². The van der Waals surface area contributed by atoms with Crippen molar-refractivity contribution in [2.75, 3.05) is 26.1 Å². The van der Waals surface area contributed by atoms with Gasteiger partial charge in [0.2, 0.25) is 0 Å². The van der Waals surface area contributed by atoms with Crippen molar-refractivity contribution in [2.45, 2.75) is 19.6 Å². The van der Waals surface area contributed by atoms with Crippen LogP contribution < -0.4 is 20.1 Å². The zero-order chi connectivity index (χ0) is 25.3. The van der Waals surface area contributed by atoms with E-state index in [0.29, 0.717) is 41.8 Å². The number of pyridine rings is 1. The highest BCUT2D eigenvalue weighted by Crippen LogP contribution is 2.28. The number of carbonyl (C=O) groups is 1. The van der Waals surface area contributed by atoms with Crippen LogP contribution in [-0.4, -0.2) is 51.6 Å². The summed E-state index contributed by atoms with van der Waals surface area (Å²) in [6.45, 7) is 0.930. The Morgan fingerprint density at radius 2 is 1.69 bits per heavy atom. The van der Waals surface area contributed by atoms with E-state index in [1.807, 2.05) is 47.0 Å². The summed E-state index contributed by atoms with van der Waals surface area (Å²) in [6.07, 6.45) is 3.37. The third kappa shape index (κ3) is 5.61. The molecule has 186 valence electrons. The third-order valence-corrected chi connectivity index (χ3v) is 5.62. The van der Waals surface area contributed by atoms with Crippen LogP contribution in [-0.2, 0) is 19.6 Å². The molecule has 0 bridgehead atoms. The van der Waals surface area contributed by atoms with Gasteiger partial charge in [-0.15, -0.1) is 10.2 Å². The molecule has 0 aliphatic carbocycles. The summed E-state index contributed by atoms with van der Waals surface area (Å²) in [5, 5.41) is 24.4. The molecule has 1 amide bonds. The number of anilines is 1. The Morgan fingerprint density at radius 3 is 2.39 bits per heavy atom. The first-order valence-corrected chi connectivity index (χ1v) is 11.4. The number of methoxy groups -OCH3 is 2. The van der Waals surface area contributed by atoms with Crippen LogP contribution in [0.25, 0.3) is 11.4 Å². The number of aromatic nitrogens is 4. The quantitative estimate of drug-likeness (QED) is 0.295. The molecule has 0 aliphatic heterocycles. The molecule has 4 aromatic rings. The first-order chi connectivity index (χ1) is 17.6. The number of rotatable bonds is 11. The predicted molar refractivity (Wildman–Crippen MR) is 135 cm³/mol. The van der Waals surface area contributed by atoms with Gasteiger partial charge in [-0.1, -0.05) is 12.1 Å². The van der Waals surface area contributed by atoms with Crippen LogP contribution in [0, 0.1) is 0 Å². The van der Waals surface area contributed by atoms with E-state index in [2.05, 4.69) is 25.8 Å². The molecule has 3 N–H and O–H groups in total. The second-order valence-electron chi connectivity index (χ2n) is 7.81. The maximum Gasteiger partial charge on any atom is 0.251 e. The standard InChI is InChI=1S/C26H28N6O4/c1-35-22-7-4-8-23(36-2)21(22)16-29-26(34)19-5-3-6-20(15-19)28-17-24-30-31-25(32(24)13-14-33)18-9-11-27-12-10-18/h3-12,15,28,33H,13-14,16-17H2,1-2H3,(H,29,34). The summed E-state index contributed by atoms with van der Waals surface area (Å²) in [5.41, 5.74) is 2.88. The van der Waals surface area contributed by atoms with Gasteiger partial charge in [0.1, 0.15) is 11.5 Å². The van der Waals surface area contributed by atoms with Gasteiger partial charge >= 0.3 is 0 Å². The third-order valence-electron chi connectivity index (χ3n) is 5.62. The number of amides is 1. The highest BCUT2D eigenvalue weighted by atomic mass is 16.5. The minimum atomic E-state index is -0.227. The number of hydrogen-bond donors (Lipinski definition) is 3. The molecule has 0 aliphatic rings. The Hall–Kier alpha value is -4.44. The van der Waals surface area contributed by atoms with Crippen LogP contribution in [0.4, 0.5) is 5.69 Å². The molecule has 0 atom stereocenters. The second-order valence-corrected chi connectivity index (χ2v) is 7.81. The van der Waals surface area contributed by atoms with Gasteiger partial charge in [-0.25, -0.2) is 0 Å². The second kappa shape index (κ2) is 11.8. The van der Waals surface area contributed by atoms with Crippen LogP contribution in [0.15, 0.2) is 67.0 Å². The zero-order valence-electron chi connectivity index (χ0n) is 20.1. The summed E-state index contributed by atoms with van der Waals surface area (Å²) in [6, 6.07) is 16.4. The normalized spacial score (nSPS) is 10.6. The molecule has 0 spiro atoms. The maximum atomic E-state index is 12.9. The minimum absolute atomic E-state index is 0.0459. The number of aliphatic hydroxyl groups is 1. The van der Waals surface area contributed by atoms with Crippen molar-refractivity contribution < 1.29 is 19.4 Å². The Kier molecular flexibility index (Phi) is 8.09.